The largest absolute Gasteiger partial charge is 0.461 e. The van der Waals surface area contributed by atoms with Crippen LogP contribution in [-0.2, 0) is 19.1 Å². The first-order chi connectivity index (χ1) is 10.6. The quantitative estimate of drug-likeness (QED) is 0.478. The Bertz CT molecular complexity index is 622. The number of amides is 2. The second-order valence-corrected chi connectivity index (χ2v) is 4.66. The lowest BCUT2D eigenvalue weighted by molar-refractivity contribution is -0.145. The van der Waals surface area contributed by atoms with E-state index < -0.39 is 23.8 Å². The van der Waals surface area contributed by atoms with E-state index in [0.29, 0.717) is 0 Å². The average molecular weight is 300 g/mol. The van der Waals surface area contributed by atoms with E-state index in [0.717, 1.165) is 5.56 Å². The molecule has 0 aromatic heterocycles. The Kier molecular flexibility index (Phi) is 5.08. The van der Waals surface area contributed by atoms with Crippen LogP contribution in [0.2, 0.25) is 0 Å². The molecule has 1 aromatic carbocycles. The molecular weight excluding hydrogens is 284 g/mol. The summed E-state index contributed by atoms with van der Waals surface area (Å²) in [6.45, 7) is 3.49. The van der Waals surface area contributed by atoms with Crippen molar-refractivity contribution in [2.24, 2.45) is 0 Å². The topological polar surface area (TPSA) is 84.5 Å². The molecule has 0 aliphatic carbocycles. The number of hydrogen-bond donors (Lipinski definition) is 2. The van der Waals surface area contributed by atoms with Gasteiger partial charge < -0.3 is 15.4 Å². The van der Waals surface area contributed by atoms with Crippen molar-refractivity contribution in [3.63, 3.8) is 0 Å². The third-order valence-corrected chi connectivity index (χ3v) is 2.97. The highest BCUT2D eigenvalue weighted by atomic mass is 16.5. The molecule has 1 aliphatic rings. The first-order valence-corrected chi connectivity index (χ1v) is 6.75. The van der Waals surface area contributed by atoms with Crippen molar-refractivity contribution in [1.29, 1.82) is 0 Å². The van der Waals surface area contributed by atoms with Crippen LogP contribution in [-0.4, -0.2) is 30.4 Å². The normalized spacial score (nSPS) is 19.3. The summed E-state index contributed by atoms with van der Waals surface area (Å²) in [5, 5.41) is 5.01. The minimum Gasteiger partial charge on any atom is -0.461 e. The van der Waals surface area contributed by atoms with E-state index in [1.165, 1.54) is 6.08 Å². The van der Waals surface area contributed by atoms with Gasteiger partial charge in [0.2, 0.25) is 5.91 Å². The molecule has 0 bridgehead atoms. The molecule has 6 heteroatoms. The molecule has 6 nitrogen and oxygen atoms in total. The summed E-state index contributed by atoms with van der Waals surface area (Å²) in [5.41, 5.74) is 0.934. The van der Waals surface area contributed by atoms with Crippen LogP contribution in [0, 0.1) is 0 Å². The van der Waals surface area contributed by atoms with Crippen molar-refractivity contribution in [2.45, 2.75) is 12.5 Å². The summed E-state index contributed by atoms with van der Waals surface area (Å²) >= 11 is 0. The van der Waals surface area contributed by atoms with Crippen molar-refractivity contribution >= 4 is 23.9 Å². The predicted octanol–water partition coefficient (Wildman–Crippen LogP) is 0.761. The Balaban J connectivity index is 2.01. The molecule has 2 N–H and O–H groups in total. The van der Waals surface area contributed by atoms with Gasteiger partial charge in [0.1, 0.15) is 18.3 Å². The molecule has 22 heavy (non-hydrogen) atoms. The molecule has 1 heterocycles. The van der Waals surface area contributed by atoms with E-state index >= 15 is 0 Å². The van der Waals surface area contributed by atoms with Crippen LogP contribution in [0.3, 0.4) is 0 Å². The van der Waals surface area contributed by atoms with Crippen molar-refractivity contribution in [2.75, 3.05) is 6.61 Å². The molecule has 1 fully saturated rings. The molecule has 1 atom stereocenters. The lowest BCUT2D eigenvalue weighted by atomic mass is 10.1. The fourth-order valence-corrected chi connectivity index (χ4v) is 1.92. The smallest absolute Gasteiger partial charge is 0.308 e. The minimum atomic E-state index is -0.933. The average Bonchev–Trinajstić information content (AvgIpc) is 2.51. The lowest BCUT2D eigenvalue weighted by Gasteiger charge is -2.24. The highest BCUT2D eigenvalue weighted by Gasteiger charge is 2.31. The zero-order chi connectivity index (χ0) is 15.9. The zero-order valence-corrected chi connectivity index (χ0v) is 11.9. The number of esters is 1. The van der Waals surface area contributed by atoms with E-state index in [9.17, 15) is 14.4 Å². The van der Waals surface area contributed by atoms with Crippen molar-refractivity contribution in [1.82, 2.24) is 10.6 Å². The van der Waals surface area contributed by atoms with Gasteiger partial charge in [0.25, 0.3) is 5.91 Å². The minimum absolute atomic E-state index is 0.0697. The third-order valence-electron chi connectivity index (χ3n) is 2.97. The SMILES string of the molecule is C=CCOC(=O)C[C@@H]1NC(=O)C(=Cc2ccccc2)NC1=O. The second kappa shape index (κ2) is 7.21. The molecule has 1 aliphatic heterocycles. The number of carbonyl (C=O) groups is 3. The van der Waals surface area contributed by atoms with Crippen LogP contribution in [0.15, 0.2) is 48.7 Å². The van der Waals surface area contributed by atoms with E-state index in [4.69, 9.17) is 4.74 Å². The van der Waals surface area contributed by atoms with Crippen LogP contribution in [0.4, 0.5) is 0 Å². The van der Waals surface area contributed by atoms with E-state index in [1.54, 1.807) is 6.08 Å². The van der Waals surface area contributed by atoms with Crippen molar-refractivity contribution in [3.05, 3.63) is 54.2 Å². The molecule has 114 valence electrons. The molecule has 0 radical (unpaired) electrons. The first kappa shape index (κ1) is 15.5. The van der Waals surface area contributed by atoms with E-state index in [2.05, 4.69) is 17.2 Å². The fraction of sp³-hybridized carbons (Fsp3) is 0.188. The van der Waals surface area contributed by atoms with Gasteiger partial charge in [-0.3, -0.25) is 14.4 Å². The number of benzene rings is 1. The highest BCUT2D eigenvalue weighted by molar-refractivity contribution is 6.08. The molecule has 0 unspecified atom stereocenters. The Morgan fingerprint density at radius 2 is 2.00 bits per heavy atom. The summed E-state index contributed by atoms with van der Waals surface area (Å²) in [6, 6.07) is 8.20. The molecule has 0 spiro atoms. The van der Waals surface area contributed by atoms with Crippen molar-refractivity contribution < 1.29 is 19.1 Å². The summed E-state index contributed by atoms with van der Waals surface area (Å²) in [4.78, 5) is 35.4. The van der Waals surface area contributed by atoms with Crippen LogP contribution < -0.4 is 10.6 Å². The standard InChI is InChI=1S/C16H16N2O4/c1-2-8-22-14(19)10-13-16(21)17-12(15(20)18-13)9-11-6-4-3-5-7-11/h2-7,9,13H,1,8,10H2,(H,17,21)(H,18,20)/t13-/m0/s1. The summed E-state index contributed by atoms with van der Waals surface area (Å²) < 4.78 is 4.80. The van der Waals surface area contributed by atoms with Gasteiger partial charge in [0.15, 0.2) is 0 Å². The van der Waals surface area contributed by atoms with Crippen LogP contribution in [0.1, 0.15) is 12.0 Å². The monoisotopic (exact) mass is 300 g/mol. The molecule has 0 saturated carbocycles. The maximum Gasteiger partial charge on any atom is 0.308 e. The second-order valence-electron chi connectivity index (χ2n) is 4.66. The fourth-order valence-electron chi connectivity index (χ4n) is 1.92. The van der Waals surface area contributed by atoms with Gasteiger partial charge in [0.05, 0.1) is 6.42 Å². The highest BCUT2D eigenvalue weighted by Crippen LogP contribution is 2.10. The Morgan fingerprint density at radius 1 is 1.27 bits per heavy atom. The summed E-state index contributed by atoms with van der Waals surface area (Å²) in [7, 11) is 0. The maximum atomic E-state index is 12.0. The van der Waals surface area contributed by atoms with Gasteiger partial charge in [-0.05, 0) is 11.6 Å². The Labute approximate surface area is 127 Å². The number of ether oxygens (including phenoxy) is 1. The molecule has 2 amide bonds. The summed E-state index contributed by atoms with van der Waals surface area (Å²) in [5.74, 6) is -1.46. The van der Waals surface area contributed by atoms with Gasteiger partial charge in [-0.25, -0.2) is 0 Å². The Hall–Kier alpha value is -2.89. The van der Waals surface area contributed by atoms with Gasteiger partial charge in [-0.15, -0.1) is 0 Å². The van der Waals surface area contributed by atoms with E-state index in [1.807, 2.05) is 30.3 Å². The maximum absolute atomic E-state index is 12.0. The molecule has 1 aromatic rings. The van der Waals surface area contributed by atoms with Crippen molar-refractivity contribution in [3.8, 4) is 0 Å². The zero-order valence-electron chi connectivity index (χ0n) is 11.9. The van der Waals surface area contributed by atoms with Gasteiger partial charge in [0, 0.05) is 0 Å². The van der Waals surface area contributed by atoms with Gasteiger partial charge in [-0.1, -0.05) is 43.0 Å². The van der Waals surface area contributed by atoms with Crippen LogP contribution in [0.5, 0.6) is 0 Å². The van der Waals surface area contributed by atoms with Crippen LogP contribution >= 0.6 is 0 Å². The van der Waals surface area contributed by atoms with E-state index in [-0.39, 0.29) is 18.7 Å². The molecular formula is C16H16N2O4. The third kappa shape index (κ3) is 4.05. The number of piperazine rings is 1. The Morgan fingerprint density at radius 3 is 2.68 bits per heavy atom. The summed E-state index contributed by atoms with van der Waals surface area (Å²) in [6.07, 6.45) is 2.78. The number of rotatable bonds is 5. The molecule has 2 rings (SSSR count). The van der Waals surface area contributed by atoms with Gasteiger partial charge >= 0.3 is 5.97 Å². The van der Waals surface area contributed by atoms with Gasteiger partial charge in [-0.2, -0.15) is 0 Å². The lowest BCUT2D eigenvalue weighted by Crippen LogP contribution is -2.55. The predicted molar refractivity (Wildman–Crippen MR) is 80.3 cm³/mol. The molecule has 1 saturated heterocycles. The number of carbonyl (C=O) groups excluding carboxylic acids is 3. The number of nitrogens with one attached hydrogen (secondary N) is 2. The number of hydrogen-bond acceptors (Lipinski definition) is 4. The first-order valence-electron chi connectivity index (χ1n) is 6.75. The van der Waals surface area contributed by atoms with Crippen LogP contribution in [0.25, 0.3) is 6.08 Å².